The van der Waals surface area contributed by atoms with Crippen LogP contribution < -0.4 is 0 Å². The molecule has 0 spiro atoms. The quantitative estimate of drug-likeness (QED) is 0.878. The molecule has 3 heteroatoms. The monoisotopic (exact) mass is 250 g/mol. The smallest absolute Gasteiger partial charge is 0.303 e. The number of rotatable bonds is 4. The fourth-order valence-corrected chi connectivity index (χ4v) is 2.90. The second kappa shape index (κ2) is 5.98. The minimum absolute atomic E-state index is 0.105. The summed E-state index contributed by atoms with van der Waals surface area (Å²) in [5, 5.41) is 8.66. The van der Waals surface area contributed by atoms with Crippen LogP contribution in [0.25, 0.3) is 0 Å². The lowest BCUT2D eigenvalue weighted by Crippen LogP contribution is -2.15. The summed E-state index contributed by atoms with van der Waals surface area (Å²) in [7, 11) is 0. The van der Waals surface area contributed by atoms with Crippen molar-refractivity contribution in [3.05, 3.63) is 35.6 Å². The summed E-state index contributed by atoms with van der Waals surface area (Å²) in [4.78, 5) is 10.5. The standard InChI is InChI=1S/C15H19FO2/c16-14-4-2-1-3-13(14)12-8-5-11(6-9-12)7-10-15(17)18/h1-4,11-12H,5-10H2,(H,17,18). The van der Waals surface area contributed by atoms with Crippen LogP contribution in [0.5, 0.6) is 0 Å². The van der Waals surface area contributed by atoms with E-state index in [0.29, 0.717) is 11.8 Å². The molecule has 0 bridgehead atoms. The first kappa shape index (κ1) is 13.1. The Morgan fingerprint density at radius 1 is 1.22 bits per heavy atom. The number of carbonyl (C=O) groups is 1. The maximum Gasteiger partial charge on any atom is 0.303 e. The molecule has 0 amide bonds. The van der Waals surface area contributed by atoms with E-state index in [2.05, 4.69) is 0 Å². The number of halogens is 1. The molecule has 1 aromatic carbocycles. The van der Waals surface area contributed by atoms with Crippen molar-refractivity contribution in [1.82, 2.24) is 0 Å². The van der Waals surface area contributed by atoms with Crippen LogP contribution in [0.2, 0.25) is 0 Å². The van der Waals surface area contributed by atoms with E-state index in [-0.39, 0.29) is 12.2 Å². The van der Waals surface area contributed by atoms with Gasteiger partial charge < -0.3 is 5.11 Å². The van der Waals surface area contributed by atoms with Crippen LogP contribution in [0.15, 0.2) is 24.3 Å². The van der Waals surface area contributed by atoms with Crippen molar-refractivity contribution < 1.29 is 14.3 Å². The molecule has 1 aliphatic rings. The van der Waals surface area contributed by atoms with E-state index in [1.165, 1.54) is 6.07 Å². The number of benzene rings is 1. The molecule has 2 rings (SSSR count). The minimum Gasteiger partial charge on any atom is -0.481 e. The third kappa shape index (κ3) is 3.31. The predicted molar refractivity (Wildman–Crippen MR) is 68.0 cm³/mol. The highest BCUT2D eigenvalue weighted by molar-refractivity contribution is 5.66. The second-order valence-corrected chi connectivity index (χ2v) is 5.17. The summed E-state index contributed by atoms with van der Waals surface area (Å²) in [6.45, 7) is 0. The van der Waals surface area contributed by atoms with Gasteiger partial charge in [-0.25, -0.2) is 4.39 Å². The summed E-state index contributed by atoms with van der Waals surface area (Å²) in [6.07, 6.45) is 5.02. The van der Waals surface area contributed by atoms with E-state index in [1.807, 2.05) is 12.1 Å². The maximum absolute atomic E-state index is 13.6. The number of carboxylic acids is 1. The Morgan fingerprint density at radius 3 is 2.50 bits per heavy atom. The van der Waals surface area contributed by atoms with Crippen molar-refractivity contribution in [3.63, 3.8) is 0 Å². The Hall–Kier alpha value is -1.38. The lowest BCUT2D eigenvalue weighted by Gasteiger charge is -2.28. The van der Waals surface area contributed by atoms with E-state index in [0.717, 1.165) is 37.7 Å². The van der Waals surface area contributed by atoms with Gasteiger partial charge in [0.15, 0.2) is 0 Å². The molecule has 0 atom stereocenters. The van der Waals surface area contributed by atoms with Crippen molar-refractivity contribution >= 4 is 5.97 Å². The van der Waals surface area contributed by atoms with Gasteiger partial charge >= 0.3 is 5.97 Å². The lowest BCUT2D eigenvalue weighted by molar-refractivity contribution is -0.137. The molecule has 1 fully saturated rings. The van der Waals surface area contributed by atoms with Gasteiger partial charge in [0.2, 0.25) is 0 Å². The largest absolute Gasteiger partial charge is 0.481 e. The van der Waals surface area contributed by atoms with Crippen LogP contribution in [-0.2, 0) is 4.79 Å². The summed E-state index contributed by atoms with van der Waals surface area (Å²) in [5.41, 5.74) is 0.828. The van der Waals surface area contributed by atoms with Crippen molar-refractivity contribution in [1.29, 1.82) is 0 Å². The molecule has 0 saturated heterocycles. The van der Waals surface area contributed by atoms with Gasteiger partial charge in [-0.15, -0.1) is 0 Å². The van der Waals surface area contributed by atoms with Gasteiger partial charge in [-0.1, -0.05) is 18.2 Å². The molecule has 2 nitrogen and oxygen atoms in total. The highest BCUT2D eigenvalue weighted by Crippen LogP contribution is 2.38. The molecular weight excluding hydrogens is 231 g/mol. The van der Waals surface area contributed by atoms with E-state index < -0.39 is 5.97 Å². The molecule has 0 aromatic heterocycles. The molecule has 0 aliphatic heterocycles. The highest BCUT2D eigenvalue weighted by atomic mass is 19.1. The van der Waals surface area contributed by atoms with Crippen molar-refractivity contribution in [2.75, 3.05) is 0 Å². The van der Waals surface area contributed by atoms with Gasteiger partial charge in [0.05, 0.1) is 0 Å². The van der Waals surface area contributed by atoms with Crippen LogP contribution in [0.4, 0.5) is 4.39 Å². The zero-order chi connectivity index (χ0) is 13.0. The molecule has 98 valence electrons. The normalized spacial score (nSPS) is 23.8. The SMILES string of the molecule is O=C(O)CCC1CCC(c2ccccc2F)CC1. The molecule has 0 heterocycles. The summed E-state index contributed by atoms with van der Waals surface area (Å²) >= 11 is 0. The topological polar surface area (TPSA) is 37.3 Å². The average molecular weight is 250 g/mol. The van der Waals surface area contributed by atoms with Crippen molar-refractivity contribution in [2.24, 2.45) is 5.92 Å². The fraction of sp³-hybridized carbons (Fsp3) is 0.533. The second-order valence-electron chi connectivity index (χ2n) is 5.17. The Balaban J connectivity index is 1.87. The van der Waals surface area contributed by atoms with Gasteiger partial charge in [-0.3, -0.25) is 4.79 Å². The lowest BCUT2D eigenvalue weighted by atomic mass is 9.77. The summed E-state index contributed by atoms with van der Waals surface area (Å²) in [6, 6.07) is 7.00. The predicted octanol–water partition coefficient (Wildman–Crippen LogP) is 3.96. The van der Waals surface area contributed by atoms with Gasteiger partial charge in [0.25, 0.3) is 0 Å². The zero-order valence-electron chi connectivity index (χ0n) is 10.4. The number of hydrogen-bond acceptors (Lipinski definition) is 1. The van der Waals surface area contributed by atoms with Gasteiger partial charge in [-0.2, -0.15) is 0 Å². The number of aliphatic carboxylic acids is 1. The molecular formula is C15H19FO2. The van der Waals surface area contributed by atoms with E-state index >= 15 is 0 Å². The van der Waals surface area contributed by atoms with Crippen LogP contribution in [0.3, 0.4) is 0 Å². The third-order valence-electron chi connectivity index (χ3n) is 3.96. The van der Waals surface area contributed by atoms with Gasteiger partial charge in [0, 0.05) is 6.42 Å². The fourth-order valence-electron chi connectivity index (χ4n) is 2.90. The van der Waals surface area contributed by atoms with Crippen LogP contribution in [0, 0.1) is 11.7 Å². The van der Waals surface area contributed by atoms with Gasteiger partial charge in [-0.05, 0) is 55.6 Å². The van der Waals surface area contributed by atoms with Crippen LogP contribution in [0.1, 0.15) is 50.0 Å². The zero-order valence-corrected chi connectivity index (χ0v) is 10.4. The number of hydrogen-bond donors (Lipinski definition) is 1. The summed E-state index contributed by atoms with van der Waals surface area (Å²) < 4.78 is 13.6. The number of carboxylic acid groups (broad SMARTS) is 1. The first-order valence-electron chi connectivity index (χ1n) is 6.63. The molecule has 0 unspecified atom stereocenters. The van der Waals surface area contributed by atoms with Crippen LogP contribution in [-0.4, -0.2) is 11.1 Å². The average Bonchev–Trinajstić information content (AvgIpc) is 2.38. The Bertz CT molecular complexity index is 409. The molecule has 18 heavy (non-hydrogen) atoms. The van der Waals surface area contributed by atoms with E-state index in [4.69, 9.17) is 5.11 Å². The van der Waals surface area contributed by atoms with E-state index in [1.54, 1.807) is 6.07 Å². The molecule has 0 radical (unpaired) electrons. The molecule has 1 saturated carbocycles. The van der Waals surface area contributed by atoms with Crippen molar-refractivity contribution in [2.45, 2.75) is 44.4 Å². The van der Waals surface area contributed by atoms with Gasteiger partial charge in [0.1, 0.15) is 5.82 Å². The Kier molecular flexibility index (Phi) is 4.34. The minimum atomic E-state index is -0.716. The molecule has 1 N–H and O–H groups in total. The van der Waals surface area contributed by atoms with Crippen molar-refractivity contribution in [3.8, 4) is 0 Å². The van der Waals surface area contributed by atoms with E-state index in [9.17, 15) is 9.18 Å². The highest BCUT2D eigenvalue weighted by Gasteiger charge is 2.24. The summed E-state index contributed by atoms with van der Waals surface area (Å²) in [5.74, 6) is -0.00545. The third-order valence-corrected chi connectivity index (χ3v) is 3.96. The first-order valence-corrected chi connectivity index (χ1v) is 6.63. The Morgan fingerprint density at radius 2 is 1.89 bits per heavy atom. The Labute approximate surface area is 107 Å². The molecule has 1 aromatic rings. The van der Waals surface area contributed by atoms with Crippen LogP contribution >= 0.6 is 0 Å². The molecule has 1 aliphatic carbocycles. The maximum atomic E-state index is 13.6. The first-order chi connectivity index (χ1) is 8.66.